The second-order valence-corrected chi connectivity index (χ2v) is 3.35. The van der Waals surface area contributed by atoms with Gasteiger partial charge in [0.1, 0.15) is 0 Å². The van der Waals surface area contributed by atoms with Gasteiger partial charge in [-0.2, -0.15) is 8.42 Å². The molecule has 6 heteroatoms. The molecular weight excluding hydrogens is 156 g/mol. The predicted octanol–water partition coefficient (Wildman–Crippen LogP) is -0.666. The minimum atomic E-state index is -3.40. The minimum Gasteiger partial charge on any atom is -0.287 e. The Hall–Kier alpha value is -0.170. The molecule has 0 fully saturated rings. The topological polar surface area (TPSA) is 58.6 Å². The maximum absolute atomic E-state index is 10.9. The van der Waals surface area contributed by atoms with Crippen molar-refractivity contribution in [1.29, 1.82) is 0 Å². The first-order valence-electron chi connectivity index (χ1n) is 2.82. The number of hydrogen-bond acceptors (Lipinski definition) is 3. The first kappa shape index (κ1) is 9.83. The normalized spacial score (nSPS) is 12.4. The van der Waals surface area contributed by atoms with Gasteiger partial charge < -0.3 is 0 Å². The summed E-state index contributed by atoms with van der Waals surface area (Å²) >= 11 is 0. The van der Waals surface area contributed by atoms with Crippen molar-refractivity contribution in [2.75, 3.05) is 20.7 Å². The van der Waals surface area contributed by atoms with Crippen LogP contribution in [0.5, 0.6) is 0 Å². The van der Waals surface area contributed by atoms with Crippen molar-refractivity contribution < 1.29 is 13.3 Å². The smallest absolute Gasteiger partial charge is 0.287 e. The van der Waals surface area contributed by atoms with Gasteiger partial charge in [-0.15, -0.1) is 0 Å². The van der Waals surface area contributed by atoms with E-state index >= 15 is 0 Å². The molecule has 10 heavy (non-hydrogen) atoms. The molecule has 0 saturated heterocycles. The largest absolute Gasteiger partial charge is 0.301 e. The van der Waals surface area contributed by atoms with Crippen LogP contribution < -0.4 is 4.72 Å². The zero-order valence-electron chi connectivity index (χ0n) is 6.29. The van der Waals surface area contributed by atoms with Gasteiger partial charge in [0.15, 0.2) is 0 Å². The Morgan fingerprint density at radius 3 is 2.40 bits per heavy atom. The molecule has 0 aromatic carbocycles. The second kappa shape index (κ2) is 3.87. The molecule has 0 atom stereocenters. The number of hydrogen-bond donors (Lipinski definition) is 1. The molecule has 0 aliphatic heterocycles. The summed E-state index contributed by atoms with van der Waals surface area (Å²) in [4.78, 5) is 4.45. The van der Waals surface area contributed by atoms with Gasteiger partial charge in [-0.05, 0) is 0 Å². The third kappa shape index (κ3) is 2.61. The van der Waals surface area contributed by atoms with Gasteiger partial charge in [-0.25, -0.2) is 4.72 Å². The van der Waals surface area contributed by atoms with E-state index < -0.39 is 10.2 Å². The SMILES string of the molecule is CCNS(=O)(=O)N(C)OC. The van der Waals surface area contributed by atoms with E-state index in [1.54, 1.807) is 6.92 Å². The maximum atomic E-state index is 10.9. The summed E-state index contributed by atoms with van der Waals surface area (Å²) in [5, 5.41) is 0. The Labute approximate surface area is 61.1 Å². The van der Waals surface area contributed by atoms with Crippen molar-refractivity contribution in [1.82, 2.24) is 9.19 Å². The van der Waals surface area contributed by atoms with Crippen LogP contribution in [0.4, 0.5) is 0 Å². The summed E-state index contributed by atoms with van der Waals surface area (Å²) in [5.41, 5.74) is 0. The Kier molecular flexibility index (Phi) is 3.80. The summed E-state index contributed by atoms with van der Waals surface area (Å²) < 4.78 is 24.7. The van der Waals surface area contributed by atoms with E-state index in [1.165, 1.54) is 14.2 Å². The molecule has 0 rings (SSSR count). The molecule has 0 aromatic rings. The molecule has 0 radical (unpaired) electrons. The van der Waals surface area contributed by atoms with Crippen LogP contribution in [0, 0.1) is 0 Å². The predicted molar refractivity (Wildman–Crippen MR) is 37.4 cm³/mol. The first-order valence-corrected chi connectivity index (χ1v) is 4.26. The van der Waals surface area contributed by atoms with E-state index in [0.29, 0.717) is 6.54 Å². The Morgan fingerprint density at radius 1 is 1.60 bits per heavy atom. The van der Waals surface area contributed by atoms with Gasteiger partial charge in [0.05, 0.1) is 7.11 Å². The van der Waals surface area contributed by atoms with Crippen LogP contribution in [-0.2, 0) is 15.0 Å². The fourth-order valence-electron chi connectivity index (χ4n) is 0.371. The Balaban J connectivity index is 4.12. The van der Waals surface area contributed by atoms with E-state index in [4.69, 9.17) is 0 Å². The van der Waals surface area contributed by atoms with Crippen molar-refractivity contribution in [3.05, 3.63) is 0 Å². The summed E-state index contributed by atoms with van der Waals surface area (Å²) in [6, 6.07) is 0. The van der Waals surface area contributed by atoms with Crippen molar-refractivity contribution in [2.24, 2.45) is 0 Å². The van der Waals surface area contributed by atoms with Crippen LogP contribution in [0.2, 0.25) is 0 Å². The number of nitrogens with one attached hydrogen (secondary N) is 1. The number of hydroxylamine groups is 1. The molecule has 0 bridgehead atoms. The highest BCUT2D eigenvalue weighted by atomic mass is 32.2. The third-order valence-electron chi connectivity index (χ3n) is 0.922. The molecule has 0 spiro atoms. The van der Waals surface area contributed by atoms with Crippen LogP contribution in [0.25, 0.3) is 0 Å². The molecule has 0 aromatic heterocycles. The number of rotatable bonds is 4. The van der Waals surface area contributed by atoms with Crippen LogP contribution in [0.15, 0.2) is 0 Å². The maximum Gasteiger partial charge on any atom is 0.301 e. The highest BCUT2D eigenvalue weighted by Crippen LogP contribution is 1.90. The van der Waals surface area contributed by atoms with Gasteiger partial charge >= 0.3 is 10.2 Å². The van der Waals surface area contributed by atoms with Crippen LogP contribution in [0.1, 0.15) is 6.92 Å². The monoisotopic (exact) mass is 168 g/mol. The van der Waals surface area contributed by atoms with E-state index in [1.807, 2.05) is 0 Å². The Bertz CT molecular complexity index is 177. The van der Waals surface area contributed by atoms with E-state index in [9.17, 15) is 8.42 Å². The first-order chi connectivity index (χ1) is 4.54. The average molecular weight is 168 g/mol. The van der Waals surface area contributed by atoms with Crippen LogP contribution in [0.3, 0.4) is 0 Å². The van der Waals surface area contributed by atoms with E-state index in [-0.39, 0.29) is 0 Å². The average Bonchev–Trinajstić information content (AvgIpc) is 1.86. The molecule has 0 saturated carbocycles. The molecule has 0 aliphatic rings. The standard InChI is InChI=1S/C4H12N2O3S/c1-4-5-10(7,8)6(2)9-3/h5H,4H2,1-3H3. The van der Waals surface area contributed by atoms with E-state index in [0.717, 1.165) is 4.47 Å². The lowest BCUT2D eigenvalue weighted by atomic mass is 10.8. The minimum absolute atomic E-state index is 0.357. The fourth-order valence-corrected chi connectivity index (χ4v) is 1.11. The van der Waals surface area contributed by atoms with Crippen molar-refractivity contribution in [3.63, 3.8) is 0 Å². The quantitative estimate of drug-likeness (QED) is 0.567. The zero-order valence-corrected chi connectivity index (χ0v) is 7.10. The molecule has 62 valence electrons. The van der Waals surface area contributed by atoms with Crippen LogP contribution in [-0.4, -0.2) is 33.6 Å². The molecule has 0 amide bonds. The van der Waals surface area contributed by atoms with Gasteiger partial charge in [0.2, 0.25) is 0 Å². The summed E-state index contributed by atoms with van der Waals surface area (Å²) in [7, 11) is -0.795. The van der Waals surface area contributed by atoms with Crippen molar-refractivity contribution in [3.8, 4) is 0 Å². The van der Waals surface area contributed by atoms with Gasteiger partial charge in [0.25, 0.3) is 0 Å². The Morgan fingerprint density at radius 2 is 2.10 bits per heavy atom. The van der Waals surface area contributed by atoms with Crippen LogP contribution >= 0.6 is 0 Å². The highest BCUT2D eigenvalue weighted by molar-refractivity contribution is 7.86. The van der Waals surface area contributed by atoms with Gasteiger partial charge in [0, 0.05) is 13.6 Å². The second-order valence-electron chi connectivity index (χ2n) is 1.60. The lowest BCUT2D eigenvalue weighted by Gasteiger charge is -2.13. The highest BCUT2D eigenvalue weighted by Gasteiger charge is 2.14. The third-order valence-corrected chi connectivity index (χ3v) is 2.40. The summed E-state index contributed by atoms with van der Waals surface area (Å²) in [6.45, 7) is 2.05. The summed E-state index contributed by atoms with van der Waals surface area (Å²) in [5.74, 6) is 0. The van der Waals surface area contributed by atoms with E-state index in [2.05, 4.69) is 9.56 Å². The van der Waals surface area contributed by atoms with Gasteiger partial charge in [-0.1, -0.05) is 11.4 Å². The molecule has 1 N–H and O–H groups in total. The molecule has 0 aliphatic carbocycles. The zero-order chi connectivity index (χ0) is 8.20. The lowest BCUT2D eigenvalue weighted by molar-refractivity contribution is -0.0270. The molecule has 0 heterocycles. The molecule has 0 unspecified atom stereocenters. The van der Waals surface area contributed by atoms with Gasteiger partial charge in [-0.3, -0.25) is 4.84 Å². The number of nitrogens with zero attached hydrogens (tertiary/aromatic N) is 1. The summed E-state index contributed by atoms with van der Waals surface area (Å²) in [6.07, 6.45) is 0. The molecule has 5 nitrogen and oxygen atoms in total. The molecular formula is C4H12N2O3S. The lowest BCUT2D eigenvalue weighted by Crippen LogP contribution is -2.37. The fraction of sp³-hybridized carbons (Fsp3) is 1.00. The van der Waals surface area contributed by atoms with Crippen molar-refractivity contribution >= 4 is 10.2 Å². The van der Waals surface area contributed by atoms with Crippen molar-refractivity contribution in [2.45, 2.75) is 6.92 Å².